The molecule has 1 aromatic heterocycles. The van der Waals surface area contributed by atoms with E-state index in [2.05, 4.69) is 12.1 Å². The summed E-state index contributed by atoms with van der Waals surface area (Å²) in [6, 6.07) is 12.0. The van der Waals surface area contributed by atoms with Gasteiger partial charge in [-0.3, -0.25) is 0 Å². The van der Waals surface area contributed by atoms with Gasteiger partial charge in [0.15, 0.2) is 0 Å². The normalized spacial score (nSPS) is 21.9. The van der Waals surface area contributed by atoms with Crippen molar-refractivity contribution in [3.05, 3.63) is 41.3 Å². The van der Waals surface area contributed by atoms with E-state index in [1.165, 1.54) is 4.88 Å². The standard InChI is InChI=1S/C13H13NOS.ClH/c14-10-7-9(10)13-6-5-12(16-13)8-3-1-2-4-11(8)15;/h1-6,9-10,15H,7,14H2;1H/t9-,10-;/m0./s1. The maximum atomic E-state index is 9.76. The molecule has 0 aliphatic heterocycles. The quantitative estimate of drug-likeness (QED) is 0.876. The number of aromatic hydroxyl groups is 1. The first-order valence-electron chi connectivity index (χ1n) is 5.39. The molecule has 0 amide bonds. The second-order valence-electron chi connectivity index (χ2n) is 4.23. The van der Waals surface area contributed by atoms with Gasteiger partial charge in [0, 0.05) is 27.3 Å². The summed E-state index contributed by atoms with van der Waals surface area (Å²) in [5, 5.41) is 9.76. The lowest BCUT2D eigenvalue weighted by molar-refractivity contribution is 0.477. The lowest BCUT2D eigenvalue weighted by Gasteiger charge is -2.00. The SMILES string of the molecule is Cl.N[C@H]1C[C@@H]1c1ccc(-c2ccccc2O)s1. The largest absolute Gasteiger partial charge is 0.507 e. The molecule has 90 valence electrons. The molecule has 2 aromatic rings. The van der Waals surface area contributed by atoms with E-state index in [0.29, 0.717) is 17.7 Å². The van der Waals surface area contributed by atoms with Gasteiger partial charge in [0.2, 0.25) is 0 Å². The minimum absolute atomic E-state index is 0. The molecule has 0 saturated heterocycles. The lowest BCUT2D eigenvalue weighted by atomic mass is 10.1. The Balaban J connectivity index is 0.00000108. The van der Waals surface area contributed by atoms with Crippen LogP contribution in [0, 0.1) is 0 Å². The van der Waals surface area contributed by atoms with Crippen molar-refractivity contribution in [1.82, 2.24) is 0 Å². The van der Waals surface area contributed by atoms with E-state index >= 15 is 0 Å². The zero-order valence-corrected chi connectivity index (χ0v) is 10.8. The number of phenols is 1. The summed E-state index contributed by atoms with van der Waals surface area (Å²) >= 11 is 1.73. The van der Waals surface area contributed by atoms with Gasteiger partial charge in [-0.2, -0.15) is 0 Å². The summed E-state index contributed by atoms with van der Waals surface area (Å²) in [5.41, 5.74) is 6.74. The number of thiophene rings is 1. The van der Waals surface area contributed by atoms with Crippen molar-refractivity contribution in [2.45, 2.75) is 18.4 Å². The highest BCUT2D eigenvalue weighted by molar-refractivity contribution is 7.15. The Bertz CT molecular complexity index is 526. The molecule has 1 heterocycles. The molecule has 4 heteroatoms. The number of halogens is 1. The summed E-state index contributed by atoms with van der Waals surface area (Å²) in [6.45, 7) is 0. The van der Waals surface area contributed by atoms with E-state index in [1.807, 2.05) is 18.2 Å². The number of hydrogen-bond donors (Lipinski definition) is 2. The van der Waals surface area contributed by atoms with Crippen molar-refractivity contribution in [3.63, 3.8) is 0 Å². The average Bonchev–Trinajstić information content (AvgIpc) is 2.82. The summed E-state index contributed by atoms with van der Waals surface area (Å²) in [6.07, 6.45) is 1.10. The molecule has 0 unspecified atom stereocenters. The van der Waals surface area contributed by atoms with Crippen LogP contribution >= 0.6 is 23.7 Å². The van der Waals surface area contributed by atoms with Crippen molar-refractivity contribution in [3.8, 4) is 16.2 Å². The van der Waals surface area contributed by atoms with Crippen LogP contribution in [0.3, 0.4) is 0 Å². The summed E-state index contributed by atoms with van der Waals surface area (Å²) in [5.74, 6) is 0.889. The smallest absolute Gasteiger partial charge is 0.124 e. The maximum absolute atomic E-state index is 9.76. The van der Waals surface area contributed by atoms with Crippen molar-refractivity contribution in [2.75, 3.05) is 0 Å². The number of benzene rings is 1. The van der Waals surface area contributed by atoms with Crippen LogP contribution in [0.5, 0.6) is 5.75 Å². The Morgan fingerprint density at radius 3 is 2.53 bits per heavy atom. The number of para-hydroxylation sites is 1. The number of rotatable bonds is 2. The Labute approximate surface area is 111 Å². The van der Waals surface area contributed by atoms with Gasteiger partial charge in [0.25, 0.3) is 0 Å². The van der Waals surface area contributed by atoms with Crippen LogP contribution in [0.1, 0.15) is 17.2 Å². The van der Waals surface area contributed by atoms with Crippen molar-refractivity contribution < 1.29 is 5.11 Å². The molecule has 0 bridgehead atoms. The second-order valence-corrected chi connectivity index (χ2v) is 5.34. The predicted octanol–water partition coefficient (Wildman–Crippen LogP) is 3.36. The monoisotopic (exact) mass is 267 g/mol. The van der Waals surface area contributed by atoms with Crippen molar-refractivity contribution >= 4 is 23.7 Å². The molecule has 0 spiro atoms. The summed E-state index contributed by atoms with van der Waals surface area (Å²) in [4.78, 5) is 2.46. The Kier molecular flexibility index (Phi) is 3.43. The Hall–Kier alpha value is -1.03. The van der Waals surface area contributed by atoms with Crippen LogP contribution < -0.4 is 5.73 Å². The van der Waals surface area contributed by atoms with Crippen LogP contribution in [0.4, 0.5) is 0 Å². The minimum atomic E-state index is 0. The molecule has 2 nitrogen and oxygen atoms in total. The van der Waals surface area contributed by atoms with Gasteiger partial charge in [-0.25, -0.2) is 0 Å². The zero-order valence-electron chi connectivity index (χ0n) is 9.17. The molecule has 1 fully saturated rings. The fraction of sp³-hybridized carbons (Fsp3) is 0.231. The third kappa shape index (κ3) is 2.32. The van der Waals surface area contributed by atoms with Gasteiger partial charge in [-0.05, 0) is 30.7 Å². The highest BCUT2D eigenvalue weighted by atomic mass is 35.5. The molecule has 1 aromatic carbocycles. The third-order valence-electron chi connectivity index (χ3n) is 3.00. The van der Waals surface area contributed by atoms with Gasteiger partial charge in [0.05, 0.1) is 0 Å². The zero-order chi connectivity index (χ0) is 11.1. The lowest BCUT2D eigenvalue weighted by Crippen LogP contribution is -1.99. The highest BCUT2D eigenvalue weighted by Crippen LogP contribution is 2.45. The van der Waals surface area contributed by atoms with E-state index in [4.69, 9.17) is 5.73 Å². The molecule has 17 heavy (non-hydrogen) atoms. The van der Waals surface area contributed by atoms with Gasteiger partial charge in [-0.1, -0.05) is 12.1 Å². The van der Waals surface area contributed by atoms with E-state index < -0.39 is 0 Å². The Morgan fingerprint density at radius 2 is 1.88 bits per heavy atom. The van der Waals surface area contributed by atoms with Gasteiger partial charge in [-0.15, -0.1) is 23.7 Å². The predicted molar refractivity (Wildman–Crippen MR) is 74.0 cm³/mol. The first-order chi connectivity index (χ1) is 7.75. The minimum Gasteiger partial charge on any atom is -0.507 e. The van der Waals surface area contributed by atoms with Crippen molar-refractivity contribution in [1.29, 1.82) is 0 Å². The number of hydrogen-bond acceptors (Lipinski definition) is 3. The Morgan fingerprint density at radius 1 is 1.18 bits per heavy atom. The second kappa shape index (κ2) is 4.69. The van der Waals surface area contributed by atoms with Gasteiger partial charge >= 0.3 is 0 Å². The highest BCUT2D eigenvalue weighted by Gasteiger charge is 2.35. The molecule has 3 N–H and O–H groups in total. The maximum Gasteiger partial charge on any atom is 0.124 e. The van der Waals surface area contributed by atoms with E-state index in [0.717, 1.165) is 16.9 Å². The van der Waals surface area contributed by atoms with Crippen LogP contribution in [0.2, 0.25) is 0 Å². The average molecular weight is 268 g/mol. The fourth-order valence-electron chi connectivity index (χ4n) is 1.92. The number of phenolic OH excluding ortho intramolecular Hbond substituents is 1. The fourth-order valence-corrected chi connectivity index (χ4v) is 3.15. The van der Waals surface area contributed by atoms with E-state index in [1.54, 1.807) is 17.4 Å². The molecular formula is C13H14ClNOS. The number of nitrogens with two attached hydrogens (primary N) is 1. The topological polar surface area (TPSA) is 46.2 Å². The molecular weight excluding hydrogens is 254 g/mol. The van der Waals surface area contributed by atoms with Crippen LogP contribution in [-0.2, 0) is 0 Å². The molecule has 1 saturated carbocycles. The first-order valence-corrected chi connectivity index (χ1v) is 6.21. The van der Waals surface area contributed by atoms with Crippen LogP contribution in [-0.4, -0.2) is 11.1 Å². The molecule has 0 radical (unpaired) electrons. The molecule has 1 aliphatic rings. The van der Waals surface area contributed by atoms with E-state index in [-0.39, 0.29) is 12.4 Å². The van der Waals surface area contributed by atoms with Gasteiger partial charge in [0.1, 0.15) is 5.75 Å². The molecule has 1 aliphatic carbocycles. The third-order valence-corrected chi connectivity index (χ3v) is 4.25. The van der Waals surface area contributed by atoms with Crippen LogP contribution in [0.15, 0.2) is 36.4 Å². The molecule has 3 rings (SSSR count). The molecule has 2 atom stereocenters. The van der Waals surface area contributed by atoms with Crippen LogP contribution in [0.25, 0.3) is 10.4 Å². The summed E-state index contributed by atoms with van der Waals surface area (Å²) in [7, 11) is 0. The van der Waals surface area contributed by atoms with Crippen molar-refractivity contribution in [2.24, 2.45) is 5.73 Å². The first kappa shape index (κ1) is 12.4. The van der Waals surface area contributed by atoms with Gasteiger partial charge < -0.3 is 10.8 Å². The van der Waals surface area contributed by atoms with E-state index in [9.17, 15) is 5.11 Å². The summed E-state index contributed by atoms with van der Waals surface area (Å²) < 4.78 is 0.